The molecule has 18 heavy (non-hydrogen) atoms. The molecule has 0 aliphatic heterocycles. The average Bonchev–Trinajstić information content (AvgIpc) is 2.76. The number of carbonyl (C=O) groups excluding carboxylic acids is 1. The molecule has 0 amide bonds. The van der Waals surface area contributed by atoms with Gasteiger partial charge < -0.3 is 9.72 Å². The molecule has 0 spiro atoms. The maximum Gasteiger partial charge on any atom is 0.374 e. The normalized spacial score (nSPS) is 10.4. The lowest BCUT2D eigenvalue weighted by Gasteiger charge is -2.09. The maximum absolute atomic E-state index is 11.4. The molecule has 0 atom stereocenters. The topological polar surface area (TPSA) is 55.0 Å². The first-order valence-electron chi connectivity index (χ1n) is 5.74. The van der Waals surface area contributed by atoms with Crippen molar-refractivity contribution in [2.24, 2.45) is 0 Å². The van der Waals surface area contributed by atoms with Gasteiger partial charge in [-0.3, -0.25) is 0 Å². The van der Waals surface area contributed by atoms with Gasteiger partial charge in [-0.05, 0) is 31.9 Å². The fourth-order valence-electron chi connectivity index (χ4n) is 2.25. The quantitative estimate of drug-likeness (QED) is 0.826. The number of hydrogen-bond acceptors (Lipinski definition) is 3. The smallest absolute Gasteiger partial charge is 0.374 e. The first kappa shape index (κ1) is 12.4. The van der Waals surface area contributed by atoms with Crippen LogP contribution in [0.3, 0.4) is 0 Å². The molecule has 1 aromatic heterocycles. The fourth-order valence-corrected chi connectivity index (χ4v) is 2.25. The number of imidazole rings is 1. The second kappa shape index (κ2) is 4.64. The number of hydrogen-bond donors (Lipinski definition) is 1. The number of carbonyl (C=O) groups is 1. The maximum atomic E-state index is 11.4. The minimum atomic E-state index is -0.455. The summed E-state index contributed by atoms with van der Waals surface area (Å²) < 4.78 is 4.63. The number of aromatic nitrogens is 2. The summed E-state index contributed by atoms with van der Waals surface area (Å²) in [4.78, 5) is 18.4. The first-order valence-corrected chi connectivity index (χ1v) is 5.74. The van der Waals surface area contributed by atoms with E-state index in [2.05, 4.69) is 33.8 Å². The van der Waals surface area contributed by atoms with Crippen LogP contribution < -0.4 is 0 Å². The number of H-pyrrole nitrogens is 1. The van der Waals surface area contributed by atoms with Crippen molar-refractivity contribution in [3.8, 4) is 11.3 Å². The molecule has 0 saturated carbocycles. The molecule has 0 fully saturated rings. The second-order valence-electron chi connectivity index (χ2n) is 4.41. The van der Waals surface area contributed by atoms with Gasteiger partial charge in [-0.2, -0.15) is 0 Å². The largest absolute Gasteiger partial charge is 0.463 e. The van der Waals surface area contributed by atoms with Gasteiger partial charge in [0.15, 0.2) is 0 Å². The molecule has 94 valence electrons. The Labute approximate surface area is 106 Å². The van der Waals surface area contributed by atoms with E-state index in [1.165, 1.54) is 12.7 Å². The van der Waals surface area contributed by atoms with Gasteiger partial charge in [0.05, 0.1) is 19.0 Å². The Morgan fingerprint density at radius 3 is 2.39 bits per heavy atom. The summed E-state index contributed by atoms with van der Waals surface area (Å²) >= 11 is 0. The SMILES string of the molecule is COC(=O)c1ncc(-c2c(C)cc(C)cc2C)[nH]1. The Balaban J connectivity index is 2.49. The minimum absolute atomic E-state index is 0.229. The van der Waals surface area contributed by atoms with Crippen molar-refractivity contribution in [3.63, 3.8) is 0 Å². The molecule has 0 saturated heterocycles. The summed E-state index contributed by atoms with van der Waals surface area (Å²) in [5.74, 6) is -0.226. The Kier molecular flexibility index (Phi) is 3.19. The van der Waals surface area contributed by atoms with Gasteiger partial charge >= 0.3 is 5.97 Å². The molecule has 0 radical (unpaired) electrons. The number of nitrogens with zero attached hydrogens (tertiary/aromatic N) is 1. The Hall–Kier alpha value is -2.10. The zero-order valence-electron chi connectivity index (χ0n) is 11.0. The van der Waals surface area contributed by atoms with Crippen LogP contribution in [0.15, 0.2) is 18.3 Å². The lowest BCUT2D eigenvalue weighted by molar-refractivity contribution is 0.0588. The van der Waals surface area contributed by atoms with Crippen LogP contribution in [0.4, 0.5) is 0 Å². The van der Waals surface area contributed by atoms with E-state index in [1.807, 2.05) is 13.8 Å². The van der Waals surface area contributed by atoms with Crippen LogP contribution in [-0.2, 0) is 4.74 Å². The molecular weight excluding hydrogens is 228 g/mol. The van der Waals surface area contributed by atoms with Crippen LogP contribution in [0.25, 0.3) is 11.3 Å². The van der Waals surface area contributed by atoms with Crippen LogP contribution in [-0.4, -0.2) is 23.0 Å². The molecule has 4 heteroatoms. The van der Waals surface area contributed by atoms with E-state index in [0.717, 1.165) is 22.4 Å². The number of benzene rings is 1. The number of methoxy groups -OCH3 is 1. The third-order valence-electron chi connectivity index (χ3n) is 2.90. The predicted octanol–water partition coefficient (Wildman–Crippen LogP) is 2.79. The van der Waals surface area contributed by atoms with Gasteiger partial charge in [-0.25, -0.2) is 9.78 Å². The average molecular weight is 244 g/mol. The highest BCUT2D eigenvalue weighted by atomic mass is 16.5. The molecule has 2 aromatic rings. The molecule has 0 aliphatic rings. The number of nitrogens with one attached hydrogen (secondary N) is 1. The predicted molar refractivity (Wildman–Crippen MR) is 69.6 cm³/mol. The highest BCUT2D eigenvalue weighted by Crippen LogP contribution is 2.26. The van der Waals surface area contributed by atoms with E-state index in [-0.39, 0.29) is 5.82 Å². The Morgan fingerprint density at radius 1 is 1.22 bits per heavy atom. The van der Waals surface area contributed by atoms with E-state index in [4.69, 9.17) is 0 Å². The van der Waals surface area contributed by atoms with Gasteiger partial charge in [0.1, 0.15) is 0 Å². The molecule has 0 bridgehead atoms. The summed E-state index contributed by atoms with van der Waals surface area (Å²) in [5, 5.41) is 0. The molecule has 0 unspecified atom stereocenters. The summed E-state index contributed by atoms with van der Waals surface area (Å²) in [6.45, 7) is 6.17. The summed E-state index contributed by atoms with van der Waals surface area (Å²) in [7, 11) is 1.34. The van der Waals surface area contributed by atoms with Crippen LogP contribution in [0.1, 0.15) is 27.3 Å². The fraction of sp³-hybridized carbons (Fsp3) is 0.286. The van der Waals surface area contributed by atoms with Crippen molar-refractivity contribution >= 4 is 5.97 Å². The zero-order valence-corrected chi connectivity index (χ0v) is 11.0. The first-order chi connectivity index (χ1) is 8.52. The van der Waals surface area contributed by atoms with E-state index in [0.29, 0.717) is 0 Å². The van der Waals surface area contributed by atoms with Crippen molar-refractivity contribution in [1.29, 1.82) is 0 Å². The highest BCUT2D eigenvalue weighted by molar-refractivity contribution is 5.86. The summed E-state index contributed by atoms with van der Waals surface area (Å²) in [6.07, 6.45) is 1.66. The molecular formula is C14H16N2O2. The molecule has 0 aliphatic carbocycles. The number of ether oxygens (including phenoxy) is 1. The van der Waals surface area contributed by atoms with Gasteiger partial charge in [-0.1, -0.05) is 17.7 Å². The highest BCUT2D eigenvalue weighted by Gasteiger charge is 2.13. The van der Waals surface area contributed by atoms with Crippen molar-refractivity contribution in [2.75, 3.05) is 7.11 Å². The molecule has 4 nitrogen and oxygen atoms in total. The summed E-state index contributed by atoms with van der Waals surface area (Å²) in [6, 6.07) is 4.22. The van der Waals surface area contributed by atoms with Crippen LogP contribution in [0.5, 0.6) is 0 Å². The Bertz CT molecular complexity index is 577. The van der Waals surface area contributed by atoms with Gasteiger partial charge in [0, 0.05) is 5.56 Å². The number of aryl methyl sites for hydroxylation is 3. The zero-order chi connectivity index (χ0) is 13.3. The molecule has 1 aromatic carbocycles. The van der Waals surface area contributed by atoms with Gasteiger partial charge in [0.25, 0.3) is 0 Å². The van der Waals surface area contributed by atoms with E-state index in [1.54, 1.807) is 6.20 Å². The number of rotatable bonds is 2. The van der Waals surface area contributed by atoms with E-state index < -0.39 is 5.97 Å². The van der Waals surface area contributed by atoms with Crippen LogP contribution in [0, 0.1) is 20.8 Å². The number of aromatic amines is 1. The van der Waals surface area contributed by atoms with Gasteiger partial charge in [0.2, 0.25) is 5.82 Å². The third-order valence-corrected chi connectivity index (χ3v) is 2.90. The van der Waals surface area contributed by atoms with Crippen LogP contribution >= 0.6 is 0 Å². The van der Waals surface area contributed by atoms with E-state index in [9.17, 15) is 4.79 Å². The van der Waals surface area contributed by atoms with Gasteiger partial charge in [-0.15, -0.1) is 0 Å². The molecule has 1 N–H and O–H groups in total. The lowest BCUT2D eigenvalue weighted by Crippen LogP contribution is -2.03. The van der Waals surface area contributed by atoms with E-state index >= 15 is 0 Å². The lowest BCUT2D eigenvalue weighted by atomic mass is 9.98. The number of esters is 1. The van der Waals surface area contributed by atoms with Crippen molar-refractivity contribution in [3.05, 3.63) is 40.8 Å². The van der Waals surface area contributed by atoms with Crippen molar-refractivity contribution in [2.45, 2.75) is 20.8 Å². The molecule has 2 rings (SSSR count). The van der Waals surface area contributed by atoms with Crippen molar-refractivity contribution in [1.82, 2.24) is 9.97 Å². The summed E-state index contributed by atoms with van der Waals surface area (Å²) in [5.41, 5.74) is 5.47. The second-order valence-corrected chi connectivity index (χ2v) is 4.41. The van der Waals surface area contributed by atoms with Crippen molar-refractivity contribution < 1.29 is 9.53 Å². The minimum Gasteiger partial charge on any atom is -0.463 e. The van der Waals surface area contributed by atoms with Crippen LogP contribution in [0.2, 0.25) is 0 Å². The molecule has 1 heterocycles. The third kappa shape index (κ3) is 2.14. The Morgan fingerprint density at radius 2 is 1.83 bits per heavy atom. The monoisotopic (exact) mass is 244 g/mol. The standard InChI is InChI=1S/C14H16N2O2/c1-8-5-9(2)12(10(3)6-8)11-7-15-13(16-11)14(17)18-4/h5-7H,1-4H3,(H,15,16).